The van der Waals surface area contributed by atoms with Crippen molar-refractivity contribution < 1.29 is 14.4 Å². The minimum absolute atomic E-state index is 0.0815. The number of carbonyl (C=O) groups excluding carboxylic acids is 3. The van der Waals surface area contributed by atoms with Crippen LogP contribution < -0.4 is 9.91 Å². The third-order valence-corrected chi connectivity index (χ3v) is 5.95. The smallest absolute Gasteiger partial charge is 0.259 e. The molecule has 7 heteroatoms. The first-order valence-electron chi connectivity index (χ1n) is 9.72. The van der Waals surface area contributed by atoms with Gasteiger partial charge in [-0.1, -0.05) is 64.5 Å². The topological polar surface area (TPSA) is 70.1 Å². The second-order valence-electron chi connectivity index (χ2n) is 7.27. The molecule has 2 aliphatic heterocycles. The summed E-state index contributed by atoms with van der Waals surface area (Å²) in [5.74, 6) is -2.17. The molecule has 3 aromatic rings. The maximum Gasteiger partial charge on any atom is 0.259 e. The van der Waals surface area contributed by atoms with Gasteiger partial charge in [0, 0.05) is 10.0 Å². The average molecular weight is 474 g/mol. The number of hydrogen-bond donors (Lipinski definition) is 0. The van der Waals surface area contributed by atoms with Gasteiger partial charge in [0.15, 0.2) is 0 Å². The van der Waals surface area contributed by atoms with Gasteiger partial charge < -0.3 is 0 Å². The zero-order valence-corrected chi connectivity index (χ0v) is 17.8. The zero-order chi connectivity index (χ0) is 21.5. The second-order valence-corrected chi connectivity index (χ2v) is 8.19. The third-order valence-electron chi connectivity index (χ3n) is 5.42. The van der Waals surface area contributed by atoms with Crippen LogP contribution >= 0.6 is 15.9 Å². The van der Waals surface area contributed by atoms with Crippen LogP contribution in [0.25, 0.3) is 0 Å². The Morgan fingerprint density at radius 2 is 1.39 bits per heavy atom. The standard InChI is InChI=1S/C24H16BrN3O3/c25-16-11-13-17(14-12-16)27-23(30)19-20(22(29)15-7-3-1-4-8-15)26-28(21(19)24(27)31)18-9-5-2-6-10-18/h1-14,19,21H/t19-,21-/m0/s1. The number of anilines is 2. The maximum atomic E-state index is 13.4. The van der Waals surface area contributed by atoms with Crippen molar-refractivity contribution in [1.29, 1.82) is 0 Å². The summed E-state index contributed by atoms with van der Waals surface area (Å²) in [7, 11) is 0. The number of carbonyl (C=O) groups is 3. The highest BCUT2D eigenvalue weighted by molar-refractivity contribution is 9.10. The largest absolute Gasteiger partial charge is 0.287 e. The second kappa shape index (κ2) is 7.59. The predicted octanol–water partition coefficient (Wildman–Crippen LogP) is 4.07. The van der Waals surface area contributed by atoms with Crippen molar-refractivity contribution >= 4 is 50.6 Å². The van der Waals surface area contributed by atoms with Crippen LogP contribution in [0, 0.1) is 5.92 Å². The molecular formula is C24H16BrN3O3. The first-order valence-corrected chi connectivity index (χ1v) is 10.5. The Bertz CT molecular complexity index is 1210. The predicted molar refractivity (Wildman–Crippen MR) is 121 cm³/mol. The van der Waals surface area contributed by atoms with E-state index < -0.39 is 23.8 Å². The first-order chi connectivity index (χ1) is 15.1. The molecule has 0 aromatic heterocycles. The zero-order valence-electron chi connectivity index (χ0n) is 16.2. The lowest BCUT2D eigenvalue weighted by Crippen LogP contribution is -2.39. The molecule has 2 amide bonds. The van der Waals surface area contributed by atoms with Crippen molar-refractivity contribution in [3.05, 3.63) is 95.0 Å². The molecule has 2 aliphatic rings. The Morgan fingerprint density at radius 3 is 2.03 bits per heavy atom. The van der Waals surface area contributed by atoms with Crippen molar-refractivity contribution in [2.75, 3.05) is 9.91 Å². The molecule has 5 rings (SSSR count). The molecule has 2 atom stereocenters. The molecule has 1 saturated heterocycles. The summed E-state index contributed by atoms with van der Waals surface area (Å²) in [6.45, 7) is 0. The summed E-state index contributed by atoms with van der Waals surface area (Å²) in [5.41, 5.74) is 1.62. The number of hydrazone groups is 1. The van der Waals surface area contributed by atoms with Crippen LogP contribution in [-0.4, -0.2) is 29.4 Å². The van der Waals surface area contributed by atoms with Crippen molar-refractivity contribution in [2.45, 2.75) is 6.04 Å². The van der Waals surface area contributed by atoms with E-state index in [1.54, 1.807) is 60.7 Å². The molecule has 152 valence electrons. The van der Waals surface area contributed by atoms with E-state index in [0.717, 1.165) is 9.37 Å². The van der Waals surface area contributed by atoms with Gasteiger partial charge in [-0.25, -0.2) is 4.90 Å². The van der Waals surface area contributed by atoms with E-state index >= 15 is 0 Å². The van der Waals surface area contributed by atoms with E-state index in [1.807, 2.05) is 24.3 Å². The average Bonchev–Trinajstić information content (AvgIpc) is 3.32. The Kier molecular flexibility index (Phi) is 4.75. The Balaban J connectivity index is 1.61. The molecule has 0 bridgehead atoms. The van der Waals surface area contributed by atoms with Crippen LogP contribution in [0.3, 0.4) is 0 Å². The van der Waals surface area contributed by atoms with E-state index in [9.17, 15) is 14.4 Å². The molecule has 3 aromatic carbocycles. The Labute approximate surface area is 186 Å². The van der Waals surface area contributed by atoms with Crippen LogP contribution in [0.15, 0.2) is 94.5 Å². The van der Waals surface area contributed by atoms with Crippen molar-refractivity contribution in [3.8, 4) is 0 Å². The maximum absolute atomic E-state index is 13.4. The molecule has 31 heavy (non-hydrogen) atoms. The van der Waals surface area contributed by atoms with E-state index in [2.05, 4.69) is 21.0 Å². The van der Waals surface area contributed by atoms with E-state index in [1.165, 1.54) is 5.01 Å². The quantitative estimate of drug-likeness (QED) is 0.423. The summed E-state index contributed by atoms with van der Waals surface area (Å²) in [6, 6.07) is 23.8. The van der Waals surface area contributed by atoms with Gasteiger partial charge >= 0.3 is 0 Å². The SMILES string of the molecule is O=C(C1=NN(c2ccccc2)[C@@H]2C(=O)N(c3ccc(Br)cc3)C(=O)[C@@H]12)c1ccccc1. The lowest BCUT2D eigenvalue weighted by molar-refractivity contribution is -0.121. The fourth-order valence-corrected chi connectivity index (χ4v) is 4.24. The fourth-order valence-electron chi connectivity index (χ4n) is 3.98. The molecule has 0 aliphatic carbocycles. The highest BCUT2D eigenvalue weighted by Crippen LogP contribution is 2.38. The number of rotatable bonds is 4. The van der Waals surface area contributed by atoms with Gasteiger partial charge in [0.2, 0.25) is 11.7 Å². The van der Waals surface area contributed by atoms with E-state index in [0.29, 0.717) is 16.9 Å². The van der Waals surface area contributed by atoms with Gasteiger partial charge in [0.05, 0.1) is 11.4 Å². The number of imide groups is 1. The number of amides is 2. The number of para-hydroxylation sites is 1. The molecule has 0 N–H and O–H groups in total. The number of Topliss-reactive ketones (excluding diaryl/α,β-unsaturated/α-hetero) is 1. The molecule has 0 spiro atoms. The molecule has 2 heterocycles. The minimum Gasteiger partial charge on any atom is -0.287 e. The Hall–Kier alpha value is -3.58. The fraction of sp³-hybridized carbons (Fsp3) is 0.0833. The van der Waals surface area contributed by atoms with Crippen molar-refractivity contribution in [1.82, 2.24) is 0 Å². The van der Waals surface area contributed by atoms with Gasteiger partial charge in [0.25, 0.3) is 5.91 Å². The number of nitrogens with zero attached hydrogens (tertiary/aromatic N) is 3. The lowest BCUT2D eigenvalue weighted by atomic mass is 9.92. The Morgan fingerprint density at radius 1 is 0.774 bits per heavy atom. The number of halogens is 1. The van der Waals surface area contributed by atoms with Gasteiger partial charge in [-0.05, 0) is 36.4 Å². The van der Waals surface area contributed by atoms with Gasteiger partial charge in [0.1, 0.15) is 17.7 Å². The summed E-state index contributed by atoms with van der Waals surface area (Å²) in [4.78, 5) is 41.3. The number of hydrogen-bond acceptors (Lipinski definition) is 5. The lowest BCUT2D eigenvalue weighted by Gasteiger charge is -2.22. The van der Waals surface area contributed by atoms with Gasteiger partial charge in [-0.3, -0.25) is 19.4 Å². The number of fused-ring (bicyclic) bond motifs is 1. The molecule has 0 saturated carbocycles. The molecule has 6 nitrogen and oxygen atoms in total. The van der Waals surface area contributed by atoms with Crippen molar-refractivity contribution in [2.24, 2.45) is 11.0 Å². The summed E-state index contributed by atoms with van der Waals surface area (Å²) >= 11 is 3.37. The molecule has 0 radical (unpaired) electrons. The molecular weight excluding hydrogens is 458 g/mol. The van der Waals surface area contributed by atoms with Gasteiger partial charge in [-0.2, -0.15) is 5.10 Å². The van der Waals surface area contributed by atoms with Crippen LogP contribution in [0.1, 0.15) is 10.4 Å². The van der Waals surface area contributed by atoms with Crippen molar-refractivity contribution in [3.63, 3.8) is 0 Å². The van der Waals surface area contributed by atoms with E-state index in [4.69, 9.17) is 0 Å². The minimum atomic E-state index is -0.968. The number of ketones is 1. The van der Waals surface area contributed by atoms with Crippen LogP contribution in [0.2, 0.25) is 0 Å². The van der Waals surface area contributed by atoms with Crippen LogP contribution in [-0.2, 0) is 9.59 Å². The highest BCUT2D eigenvalue weighted by atomic mass is 79.9. The van der Waals surface area contributed by atoms with Crippen LogP contribution in [0.5, 0.6) is 0 Å². The van der Waals surface area contributed by atoms with E-state index in [-0.39, 0.29) is 11.5 Å². The first kappa shape index (κ1) is 19.4. The highest BCUT2D eigenvalue weighted by Gasteiger charge is 2.58. The summed E-state index contributed by atoms with van der Waals surface area (Å²) in [6.07, 6.45) is 0. The summed E-state index contributed by atoms with van der Waals surface area (Å²) < 4.78 is 0.836. The van der Waals surface area contributed by atoms with Crippen LogP contribution in [0.4, 0.5) is 11.4 Å². The molecule has 0 unspecified atom stereocenters. The normalized spacial score (nSPS) is 20.1. The monoisotopic (exact) mass is 473 g/mol. The molecule has 1 fully saturated rings. The van der Waals surface area contributed by atoms with Gasteiger partial charge in [-0.15, -0.1) is 0 Å². The number of benzene rings is 3. The third kappa shape index (κ3) is 3.18. The summed E-state index contributed by atoms with van der Waals surface area (Å²) in [5, 5.41) is 5.99.